The Kier molecular flexibility index (Phi) is 3.33. The second kappa shape index (κ2) is 4.75. The zero-order chi connectivity index (χ0) is 12.3. The number of carboxylic acid groups (broad SMARTS) is 1. The van der Waals surface area contributed by atoms with Crippen LogP contribution in [0.15, 0.2) is 24.3 Å². The summed E-state index contributed by atoms with van der Waals surface area (Å²) in [6.45, 7) is 0. The number of carbonyl (C=O) groups is 1. The Labute approximate surface area is 99.8 Å². The van der Waals surface area contributed by atoms with Crippen molar-refractivity contribution in [1.29, 1.82) is 0 Å². The molecule has 1 fully saturated rings. The van der Waals surface area contributed by atoms with E-state index in [2.05, 4.69) is 0 Å². The Bertz CT molecular complexity index is 408. The smallest absolute Gasteiger partial charge is 0.449 e. The minimum atomic E-state index is -1.35. The van der Waals surface area contributed by atoms with E-state index >= 15 is 0 Å². The van der Waals surface area contributed by atoms with Gasteiger partial charge in [-0.2, -0.15) is 0 Å². The fourth-order valence-electron chi connectivity index (χ4n) is 2.44. The molecule has 0 radical (unpaired) electrons. The highest BCUT2D eigenvalue weighted by Gasteiger charge is 2.34. The van der Waals surface area contributed by atoms with Gasteiger partial charge in [0.05, 0.1) is 5.60 Å². The van der Waals surface area contributed by atoms with Gasteiger partial charge in [-0.1, -0.05) is 37.5 Å². The van der Waals surface area contributed by atoms with Crippen LogP contribution in [0.3, 0.4) is 0 Å². The number of aliphatic hydroxyl groups is 1. The molecule has 0 amide bonds. The van der Waals surface area contributed by atoms with Gasteiger partial charge >= 0.3 is 6.16 Å². The van der Waals surface area contributed by atoms with Crippen LogP contribution >= 0.6 is 0 Å². The molecule has 0 unspecified atom stereocenters. The highest BCUT2D eigenvalue weighted by molar-refractivity contribution is 5.62. The van der Waals surface area contributed by atoms with Crippen molar-refractivity contribution in [2.45, 2.75) is 37.7 Å². The molecule has 0 bridgehead atoms. The van der Waals surface area contributed by atoms with Crippen molar-refractivity contribution < 1.29 is 19.7 Å². The van der Waals surface area contributed by atoms with Crippen LogP contribution in [0.1, 0.15) is 37.7 Å². The molecule has 1 saturated carbocycles. The maximum absolute atomic E-state index is 10.6. The van der Waals surface area contributed by atoms with Crippen LogP contribution in [-0.2, 0) is 5.60 Å². The lowest BCUT2D eigenvalue weighted by atomic mass is 9.79. The normalized spacial score (nSPS) is 18.6. The highest BCUT2D eigenvalue weighted by atomic mass is 16.7. The molecule has 92 valence electrons. The van der Waals surface area contributed by atoms with E-state index in [1.54, 1.807) is 24.3 Å². The van der Waals surface area contributed by atoms with Gasteiger partial charge < -0.3 is 14.9 Å². The van der Waals surface area contributed by atoms with E-state index in [4.69, 9.17) is 9.84 Å². The van der Waals surface area contributed by atoms with Crippen molar-refractivity contribution >= 4 is 6.16 Å². The molecular weight excluding hydrogens is 220 g/mol. The molecule has 2 N–H and O–H groups in total. The number of rotatable bonds is 2. The number of ether oxygens (including phenoxy) is 1. The number of hydrogen-bond donors (Lipinski definition) is 2. The fourth-order valence-corrected chi connectivity index (χ4v) is 2.44. The molecule has 4 nitrogen and oxygen atoms in total. The van der Waals surface area contributed by atoms with Gasteiger partial charge in [-0.3, -0.25) is 0 Å². The standard InChI is InChI=1S/C13H16O4/c14-12(15)17-11-7-3-2-6-10(11)13(16)8-4-1-5-9-13/h2-3,6-7,16H,1,4-5,8-9H2,(H,14,15). The summed E-state index contributed by atoms with van der Waals surface area (Å²) >= 11 is 0. The van der Waals surface area contributed by atoms with E-state index in [0.29, 0.717) is 18.4 Å². The third-order valence-corrected chi connectivity index (χ3v) is 3.27. The molecule has 1 aliphatic carbocycles. The Morgan fingerprint density at radius 2 is 1.82 bits per heavy atom. The van der Waals surface area contributed by atoms with E-state index < -0.39 is 11.8 Å². The average Bonchev–Trinajstić information content (AvgIpc) is 2.30. The van der Waals surface area contributed by atoms with Gasteiger partial charge in [0, 0.05) is 5.56 Å². The predicted molar refractivity (Wildman–Crippen MR) is 62.1 cm³/mol. The average molecular weight is 236 g/mol. The van der Waals surface area contributed by atoms with Crippen LogP contribution in [0.2, 0.25) is 0 Å². The Morgan fingerprint density at radius 1 is 1.18 bits per heavy atom. The zero-order valence-corrected chi connectivity index (χ0v) is 9.56. The summed E-state index contributed by atoms with van der Waals surface area (Å²) in [6, 6.07) is 6.81. The molecule has 0 aliphatic heterocycles. The lowest BCUT2D eigenvalue weighted by molar-refractivity contribution is -0.00264. The summed E-state index contributed by atoms with van der Waals surface area (Å²) in [5.74, 6) is 0.240. The third kappa shape index (κ3) is 2.58. The zero-order valence-electron chi connectivity index (χ0n) is 9.56. The fraction of sp³-hybridized carbons (Fsp3) is 0.462. The summed E-state index contributed by atoms with van der Waals surface area (Å²) in [5, 5.41) is 19.2. The van der Waals surface area contributed by atoms with Crippen LogP contribution < -0.4 is 4.74 Å². The monoisotopic (exact) mass is 236 g/mol. The first-order valence-electron chi connectivity index (χ1n) is 5.84. The topological polar surface area (TPSA) is 66.8 Å². The molecule has 0 spiro atoms. The minimum Gasteiger partial charge on any atom is -0.449 e. The van der Waals surface area contributed by atoms with Crippen molar-refractivity contribution in [3.8, 4) is 5.75 Å². The van der Waals surface area contributed by atoms with Gasteiger partial charge in [0.1, 0.15) is 5.75 Å². The first-order chi connectivity index (χ1) is 8.12. The van der Waals surface area contributed by atoms with Crippen LogP contribution in [0.25, 0.3) is 0 Å². The highest BCUT2D eigenvalue weighted by Crippen LogP contribution is 2.40. The second-order valence-corrected chi connectivity index (χ2v) is 4.46. The maximum Gasteiger partial charge on any atom is 0.511 e. The van der Waals surface area contributed by atoms with Gasteiger partial charge in [-0.05, 0) is 18.9 Å². The Balaban J connectivity index is 2.32. The van der Waals surface area contributed by atoms with Gasteiger partial charge in [0.25, 0.3) is 0 Å². The van der Waals surface area contributed by atoms with Crippen molar-refractivity contribution in [3.05, 3.63) is 29.8 Å². The van der Waals surface area contributed by atoms with Crippen LogP contribution in [0, 0.1) is 0 Å². The van der Waals surface area contributed by atoms with E-state index in [0.717, 1.165) is 19.3 Å². The van der Waals surface area contributed by atoms with E-state index in [9.17, 15) is 9.90 Å². The largest absolute Gasteiger partial charge is 0.511 e. The lowest BCUT2D eigenvalue weighted by Gasteiger charge is -2.33. The lowest BCUT2D eigenvalue weighted by Crippen LogP contribution is -2.29. The molecular formula is C13H16O4. The van der Waals surface area contributed by atoms with Crippen LogP contribution in [-0.4, -0.2) is 16.4 Å². The second-order valence-electron chi connectivity index (χ2n) is 4.46. The Morgan fingerprint density at radius 3 is 2.47 bits per heavy atom. The molecule has 1 aliphatic rings. The van der Waals surface area contributed by atoms with E-state index in [-0.39, 0.29) is 5.75 Å². The SMILES string of the molecule is O=C(O)Oc1ccccc1C1(O)CCCCC1. The quantitative estimate of drug-likeness (QED) is 0.612. The summed E-state index contributed by atoms with van der Waals surface area (Å²) in [4.78, 5) is 10.6. The first-order valence-corrected chi connectivity index (χ1v) is 5.84. The van der Waals surface area contributed by atoms with Crippen molar-refractivity contribution in [3.63, 3.8) is 0 Å². The van der Waals surface area contributed by atoms with Gasteiger partial charge in [0.15, 0.2) is 0 Å². The van der Waals surface area contributed by atoms with Crippen molar-refractivity contribution in [2.75, 3.05) is 0 Å². The minimum absolute atomic E-state index is 0.240. The molecule has 4 heteroatoms. The first kappa shape index (κ1) is 11.9. The van der Waals surface area contributed by atoms with Crippen molar-refractivity contribution in [2.24, 2.45) is 0 Å². The van der Waals surface area contributed by atoms with Gasteiger partial charge in [-0.25, -0.2) is 4.79 Å². The van der Waals surface area contributed by atoms with Crippen LogP contribution in [0.4, 0.5) is 4.79 Å². The predicted octanol–water partition coefficient (Wildman–Crippen LogP) is 2.90. The van der Waals surface area contributed by atoms with Gasteiger partial charge in [0.2, 0.25) is 0 Å². The van der Waals surface area contributed by atoms with Gasteiger partial charge in [-0.15, -0.1) is 0 Å². The number of benzene rings is 1. The summed E-state index contributed by atoms with van der Waals surface area (Å²) < 4.78 is 4.72. The van der Waals surface area contributed by atoms with E-state index in [1.807, 2.05) is 0 Å². The molecule has 1 aromatic rings. The molecule has 0 saturated heterocycles. The molecule has 0 atom stereocenters. The summed E-state index contributed by atoms with van der Waals surface area (Å²) in [6.07, 6.45) is 3.00. The summed E-state index contributed by atoms with van der Waals surface area (Å²) in [7, 11) is 0. The summed E-state index contributed by atoms with van der Waals surface area (Å²) in [5.41, 5.74) is -0.355. The molecule has 0 heterocycles. The Hall–Kier alpha value is -1.55. The molecule has 17 heavy (non-hydrogen) atoms. The van der Waals surface area contributed by atoms with Crippen LogP contribution in [0.5, 0.6) is 5.75 Å². The third-order valence-electron chi connectivity index (χ3n) is 3.27. The van der Waals surface area contributed by atoms with Crippen molar-refractivity contribution in [1.82, 2.24) is 0 Å². The van der Waals surface area contributed by atoms with E-state index in [1.165, 1.54) is 0 Å². The maximum atomic E-state index is 10.6. The number of hydrogen-bond acceptors (Lipinski definition) is 3. The number of para-hydroxylation sites is 1. The molecule has 1 aromatic carbocycles. The molecule has 0 aromatic heterocycles. The molecule has 2 rings (SSSR count).